The molecule has 0 spiro atoms. The molecule has 1 N–H and O–H groups in total. The number of esters is 2. The molecule has 6 heteroatoms. The van der Waals surface area contributed by atoms with E-state index in [0.717, 1.165) is 11.1 Å². The van der Waals surface area contributed by atoms with Crippen LogP contribution in [0.1, 0.15) is 57.2 Å². The SMILES string of the molecule is CC(C)(C)OC(=O)C[C@@H]1C/C=C\C[C@H](Cc2ccccc2)C(=O)N[C@H](c2ccccc2)COC1=O. The molecule has 3 rings (SSSR count). The van der Waals surface area contributed by atoms with Gasteiger partial charge in [0, 0.05) is 5.92 Å². The van der Waals surface area contributed by atoms with Gasteiger partial charge in [0.15, 0.2) is 0 Å². The quantitative estimate of drug-likeness (QED) is 0.487. The normalized spacial score (nSPS) is 22.7. The van der Waals surface area contributed by atoms with Gasteiger partial charge in [-0.3, -0.25) is 14.4 Å². The standard InChI is InChI=1S/C29H35NO5/c1-29(2,3)35-26(31)19-24-17-11-10-16-23(18-21-12-6-4-7-13-21)27(32)30-25(20-34-28(24)33)22-14-8-5-9-15-22/h4-15,23-25H,16-20H2,1-3H3,(H,30,32)/b11-10-/t23-,24+,25+/m1/s1. The summed E-state index contributed by atoms with van der Waals surface area (Å²) in [6.45, 7) is 5.37. The molecule has 0 saturated heterocycles. The Labute approximate surface area is 207 Å². The van der Waals surface area contributed by atoms with Crippen LogP contribution < -0.4 is 5.32 Å². The summed E-state index contributed by atoms with van der Waals surface area (Å²) in [6, 6.07) is 18.9. The second-order valence-electron chi connectivity index (χ2n) is 9.92. The number of hydrogen-bond acceptors (Lipinski definition) is 5. The Bertz CT molecular complexity index is 1010. The number of cyclic esters (lactones) is 1. The van der Waals surface area contributed by atoms with Crippen LogP contribution in [0, 0.1) is 11.8 Å². The van der Waals surface area contributed by atoms with Crippen LogP contribution in [0.15, 0.2) is 72.8 Å². The lowest BCUT2D eigenvalue weighted by Crippen LogP contribution is -2.38. The van der Waals surface area contributed by atoms with Gasteiger partial charge in [-0.25, -0.2) is 0 Å². The summed E-state index contributed by atoms with van der Waals surface area (Å²) >= 11 is 0. The number of carbonyl (C=O) groups excluding carboxylic acids is 3. The molecule has 6 nitrogen and oxygen atoms in total. The number of ether oxygens (including phenoxy) is 2. The molecule has 0 unspecified atom stereocenters. The Kier molecular flexibility index (Phi) is 9.24. The Balaban J connectivity index is 1.83. The van der Waals surface area contributed by atoms with E-state index < -0.39 is 29.5 Å². The van der Waals surface area contributed by atoms with Gasteiger partial charge in [0.25, 0.3) is 0 Å². The van der Waals surface area contributed by atoms with Crippen LogP contribution in [0.4, 0.5) is 0 Å². The fourth-order valence-electron chi connectivity index (χ4n) is 4.03. The first-order valence-corrected chi connectivity index (χ1v) is 12.1. The molecule has 0 saturated carbocycles. The van der Waals surface area contributed by atoms with Gasteiger partial charge in [0.05, 0.1) is 18.4 Å². The van der Waals surface area contributed by atoms with E-state index in [1.54, 1.807) is 20.8 Å². The van der Waals surface area contributed by atoms with Crippen molar-refractivity contribution in [1.29, 1.82) is 0 Å². The zero-order valence-electron chi connectivity index (χ0n) is 20.7. The molecular formula is C29H35NO5. The van der Waals surface area contributed by atoms with Gasteiger partial charge in [-0.2, -0.15) is 0 Å². The first kappa shape index (κ1) is 26.2. The molecule has 2 aromatic rings. The maximum atomic E-state index is 13.3. The second-order valence-corrected chi connectivity index (χ2v) is 9.92. The molecule has 1 heterocycles. The highest BCUT2D eigenvalue weighted by Gasteiger charge is 2.29. The lowest BCUT2D eigenvalue weighted by molar-refractivity contribution is -0.161. The number of rotatable bonds is 5. The van der Waals surface area contributed by atoms with Gasteiger partial charge in [0.1, 0.15) is 12.2 Å². The first-order valence-electron chi connectivity index (χ1n) is 12.1. The third kappa shape index (κ3) is 8.71. The lowest BCUT2D eigenvalue weighted by Gasteiger charge is -2.25. The minimum absolute atomic E-state index is 0.0127. The number of allylic oxidation sites excluding steroid dienone is 2. The summed E-state index contributed by atoms with van der Waals surface area (Å²) in [5.41, 5.74) is 1.30. The fraction of sp³-hybridized carbons (Fsp3) is 0.414. The maximum Gasteiger partial charge on any atom is 0.309 e. The third-order valence-electron chi connectivity index (χ3n) is 5.78. The van der Waals surface area contributed by atoms with E-state index in [2.05, 4.69) is 5.32 Å². The molecule has 0 radical (unpaired) electrons. The smallest absolute Gasteiger partial charge is 0.309 e. The Hall–Kier alpha value is -3.41. The van der Waals surface area contributed by atoms with Crippen molar-refractivity contribution in [2.24, 2.45) is 11.8 Å². The monoisotopic (exact) mass is 477 g/mol. The number of carbonyl (C=O) groups is 3. The Morgan fingerprint density at radius 3 is 2.17 bits per heavy atom. The minimum Gasteiger partial charge on any atom is -0.463 e. The lowest BCUT2D eigenvalue weighted by atomic mass is 9.93. The molecule has 0 aromatic heterocycles. The van der Waals surface area contributed by atoms with Crippen LogP contribution in [0.5, 0.6) is 0 Å². The van der Waals surface area contributed by atoms with E-state index in [1.165, 1.54) is 0 Å². The van der Waals surface area contributed by atoms with Gasteiger partial charge < -0.3 is 14.8 Å². The topological polar surface area (TPSA) is 81.7 Å². The molecule has 1 aliphatic rings. The molecule has 0 aliphatic carbocycles. The maximum absolute atomic E-state index is 13.3. The minimum atomic E-state index is -0.653. The van der Waals surface area contributed by atoms with Crippen molar-refractivity contribution in [3.8, 4) is 0 Å². The van der Waals surface area contributed by atoms with E-state index in [0.29, 0.717) is 19.3 Å². The van der Waals surface area contributed by atoms with E-state index in [-0.39, 0.29) is 24.9 Å². The summed E-state index contributed by atoms with van der Waals surface area (Å²) in [5.74, 6) is -1.93. The van der Waals surface area contributed by atoms with Crippen molar-refractivity contribution in [3.05, 3.63) is 83.9 Å². The Morgan fingerprint density at radius 1 is 0.943 bits per heavy atom. The number of amides is 1. The van der Waals surface area contributed by atoms with Crippen molar-refractivity contribution >= 4 is 17.8 Å². The predicted molar refractivity (Wildman–Crippen MR) is 134 cm³/mol. The highest BCUT2D eigenvalue weighted by Crippen LogP contribution is 2.22. The van der Waals surface area contributed by atoms with Crippen LogP contribution in [0.25, 0.3) is 0 Å². The molecule has 1 aliphatic heterocycles. The van der Waals surface area contributed by atoms with Crippen LogP contribution in [-0.4, -0.2) is 30.1 Å². The van der Waals surface area contributed by atoms with Crippen molar-refractivity contribution in [1.82, 2.24) is 5.32 Å². The average Bonchev–Trinajstić information content (AvgIpc) is 2.81. The largest absolute Gasteiger partial charge is 0.463 e. The van der Waals surface area contributed by atoms with Crippen LogP contribution >= 0.6 is 0 Å². The van der Waals surface area contributed by atoms with Gasteiger partial charge in [-0.1, -0.05) is 72.8 Å². The number of benzene rings is 2. The van der Waals surface area contributed by atoms with Crippen molar-refractivity contribution in [3.63, 3.8) is 0 Å². The fourth-order valence-corrected chi connectivity index (χ4v) is 4.03. The summed E-state index contributed by atoms with van der Waals surface area (Å²) in [5, 5.41) is 3.09. The summed E-state index contributed by atoms with van der Waals surface area (Å²) in [4.78, 5) is 38.6. The molecule has 2 aromatic carbocycles. The highest BCUT2D eigenvalue weighted by molar-refractivity contribution is 5.81. The Morgan fingerprint density at radius 2 is 1.54 bits per heavy atom. The van der Waals surface area contributed by atoms with Crippen LogP contribution in [-0.2, 0) is 30.3 Å². The highest BCUT2D eigenvalue weighted by atomic mass is 16.6. The van der Waals surface area contributed by atoms with E-state index >= 15 is 0 Å². The number of hydrogen-bond donors (Lipinski definition) is 1. The average molecular weight is 478 g/mol. The van der Waals surface area contributed by atoms with Crippen molar-refractivity contribution in [2.45, 2.75) is 58.1 Å². The molecule has 3 atom stereocenters. The van der Waals surface area contributed by atoms with Crippen molar-refractivity contribution < 1.29 is 23.9 Å². The van der Waals surface area contributed by atoms with Gasteiger partial charge in [-0.15, -0.1) is 0 Å². The summed E-state index contributed by atoms with van der Waals surface area (Å²) < 4.78 is 11.1. The van der Waals surface area contributed by atoms with E-state index in [1.807, 2.05) is 72.8 Å². The summed E-state index contributed by atoms with van der Waals surface area (Å²) in [7, 11) is 0. The van der Waals surface area contributed by atoms with Crippen LogP contribution in [0.2, 0.25) is 0 Å². The van der Waals surface area contributed by atoms with Gasteiger partial charge in [0.2, 0.25) is 5.91 Å². The summed E-state index contributed by atoms with van der Waals surface area (Å²) in [6.07, 6.45) is 5.18. The molecular weight excluding hydrogens is 442 g/mol. The molecule has 0 bridgehead atoms. The van der Waals surface area contributed by atoms with E-state index in [4.69, 9.17) is 9.47 Å². The molecule has 35 heavy (non-hydrogen) atoms. The zero-order chi connectivity index (χ0) is 25.3. The zero-order valence-corrected chi connectivity index (χ0v) is 20.7. The van der Waals surface area contributed by atoms with Gasteiger partial charge >= 0.3 is 11.9 Å². The second kappa shape index (κ2) is 12.3. The van der Waals surface area contributed by atoms with E-state index in [9.17, 15) is 14.4 Å². The van der Waals surface area contributed by atoms with Crippen LogP contribution in [0.3, 0.4) is 0 Å². The molecule has 186 valence electrons. The third-order valence-corrected chi connectivity index (χ3v) is 5.78. The van der Waals surface area contributed by atoms with Gasteiger partial charge in [-0.05, 0) is 51.2 Å². The number of nitrogens with one attached hydrogen (secondary N) is 1. The first-order chi connectivity index (χ1) is 16.7. The molecule has 1 amide bonds. The van der Waals surface area contributed by atoms with Crippen molar-refractivity contribution in [2.75, 3.05) is 6.61 Å². The predicted octanol–water partition coefficient (Wildman–Crippen LogP) is 4.94. The molecule has 0 fully saturated rings.